The monoisotopic (exact) mass is 545 g/mol. The van der Waals surface area contributed by atoms with Gasteiger partial charge in [-0.15, -0.1) is 0 Å². The van der Waals surface area contributed by atoms with Crippen LogP contribution in [0.5, 0.6) is 5.75 Å². The summed E-state index contributed by atoms with van der Waals surface area (Å²) in [6, 6.07) is 7.54. The molecular weight excluding hydrogens is 516 g/mol. The number of alkyl halides is 1. The predicted octanol–water partition coefficient (Wildman–Crippen LogP) is 1.37. The summed E-state index contributed by atoms with van der Waals surface area (Å²) in [6.45, 7) is 4.90. The molecule has 3 N–H and O–H groups in total. The van der Waals surface area contributed by atoms with Crippen molar-refractivity contribution in [2.75, 3.05) is 6.61 Å². The van der Waals surface area contributed by atoms with Crippen LogP contribution in [0.3, 0.4) is 0 Å². The molecular formula is C22H29FN3O10P. The third-order valence-electron chi connectivity index (χ3n) is 5.39. The van der Waals surface area contributed by atoms with Crippen LogP contribution in [0.15, 0.2) is 52.2 Å². The quantitative estimate of drug-likeness (QED) is 0.224. The van der Waals surface area contributed by atoms with Crippen LogP contribution in [0.4, 0.5) is 4.39 Å². The maximum Gasteiger partial charge on any atom is 0.459 e. The zero-order valence-corrected chi connectivity index (χ0v) is 21.4. The lowest BCUT2D eigenvalue weighted by atomic mass is 9.98. The average molecular weight is 545 g/mol. The normalized spacial score (nSPS) is 26.0. The number of halogens is 1. The zero-order chi connectivity index (χ0) is 27.5. The number of rotatable bonds is 10. The highest BCUT2D eigenvalue weighted by atomic mass is 31.2. The molecule has 3 rings (SSSR count). The lowest BCUT2D eigenvalue weighted by molar-refractivity contribution is -0.149. The highest BCUT2D eigenvalue weighted by Gasteiger charge is 2.56. The molecule has 0 radical (unpaired) electrons. The summed E-state index contributed by atoms with van der Waals surface area (Å²) in [5.74, 6) is -0.608. The Morgan fingerprint density at radius 1 is 1.24 bits per heavy atom. The van der Waals surface area contributed by atoms with Gasteiger partial charge in [0, 0.05) is 12.3 Å². The summed E-state index contributed by atoms with van der Waals surface area (Å²) < 4.78 is 50.9. The number of para-hydroxylation sites is 1. The minimum Gasteiger partial charge on any atom is -0.462 e. The second kappa shape index (κ2) is 11.2. The van der Waals surface area contributed by atoms with Gasteiger partial charge in [0.2, 0.25) is 0 Å². The van der Waals surface area contributed by atoms with Gasteiger partial charge in [0.1, 0.15) is 24.0 Å². The fraction of sp³-hybridized carbons (Fsp3) is 0.500. The maximum absolute atomic E-state index is 15.5. The van der Waals surface area contributed by atoms with E-state index in [1.807, 2.05) is 0 Å². The van der Waals surface area contributed by atoms with Gasteiger partial charge in [-0.3, -0.25) is 18.7 Å². The van der Waals surface area contributed by atoms with Crippen LogP contribution in [-0.2, 0) is 23.4 Å². The minimum atomic E-state index is -4.35. The van der Waals surface area contributed by atoms with Crippen molar-refractivity contribution >= 4 is 13.7 Å². The molecule has 1 aliphatic rings. The van der Waals surface area contributed by atoms with E-state index in [9.17, 15) is 29.3 Å². The summed E-state index contributed by atoms with van der Waals surface area (Å²) in [6.07, 6.45) is -4.67. The van der Waals surface area contributed by atoms with Crippen LogP contribution >= 0.6 is 7.75 Å². The van der Waals surface area contributed by atoms with Crippen molar-refractivity contribution in [3.63, 3.8) is 0 Å². The van der Waals surface area contributed by atoms with Gasteiger partial charge in [0.25, 0.3) is 5.56 Å². The molecule has 6 atom stereocenters. The number of aliphatic hydroxyl groups excluding tert-OH is 1. The molecule has 2 aromatic rings. The number of aromatic nitrogens is 2. The first-order valence-corrected chi connectivity index (χ1v) is 12.8. The number of nitrogens with one attached hydrogen (secondary N) is 1. The van der Waals surface area contributed by atoms with E-state index in [0.717, 1.165) is 19.2 Å². The molecule has 15 heteroatoms. The van der Waals surface area contributed by atoms with E-state index in [-0.39, 0.29) is 10.5 Å². The van der Waals surface area contributed by atoms with E-state index in [4.69, 9.17) is 18.5 Å². The van der Waals surface area contributed by atoms with E-state index in [2.05, 4.69) is 5.09 Å². The highest BCUT2D eigenvalue weighted by Crippen LogP contribution is 2.47. The van der Waals surface area contributed by atoms with Crippen LogP contribution < -0.4 is 20.9 Å². The smallest absolute Gasteiger partial charge is 0.459 e. The van der Waals surface area contributed by atoms with Crippen LogP contribution in [0.2, 0.25) is 0 Å². The van der Waals surface area contributed by atoms with Gasteiger partial charge in [-0.05, 0) is 39.8 Å². The zero-order valence-electron chi connectivity index (χ0n) is 20.5. The maximum atomic E-state index is 15.5. The standard InChI is InChI=1S/C22H29FN3O10P/c1-13(2)34-19(29)14(3)24-37(32,36-15-8-6-5-7-9-15)33-12-16-18(28)22(4,23)20(35-16)25-11-10-17(27)26(31)21(25)30/h5-11,13-14,16,18,20,28,31H,12H2,1-4H3,(H,24,32)/t14-,16+,18+,20+,22+,37?/m0/s1. The third kappa shape index (κ3) is 6.46. The van der Waals surface area contributed by atoms with Gasteiger partial charge in [-0.1, -0.05) is 22.9 Å². The summed E-state index contributed by atoms with van der Waals surface area (Å²) in [5, 5.41) is 22.6. The first kappa shape index (κ1) is 28.5. The van der Waals surface area contributed by atoms with E-state index in [0.29, 0.717) is 4.57 Å². The number of esters is 1. The van der Waals surface area contributed by atoms with Crippen molar-refractivity contribution in [1.82, 2.24) is 14.4 Å². The second-order valence-electron chi connectivity index (χ2n) is 8.81. The van der Waals surface area contributed by atoms with Crippen molar-refractivity contribution in [1.29, 1.82) is 0 Å². The van der Waals surface area contributed by atoms with E-state index >= 15 is 4.39 Å². The number of carbonyl (C=O) groups excluding carboxylic acids is 1. The van der Waals surface area contributed by atoms with E-state index < -0.39 is 67.8 Å². The number of nitrogens with zero attached hydrogens (tertiary/aromatic N) is 2. The first-order chi connectivity index (χ1) is 17.2. The SMILES string of the molecule is CC(C)OC(=O)[C@H](C)NP(=O)(OC[C@H]1O[C@@H](n2ccc(=O)n(O)c2=O)[C@](C)(F)[C@@H]1O)Oc1ccccc1. The van der Waals surface area contributed by atoms with Crippen molar-refractivity contribution in [2.24, 2.45) is 0 Å². The number of carbonyl (C=O) groups is 1. The number of hydrogen-bond donors (Lipinski definition) is 3. The van der Waals surface area contributed by atoms with Crippen molar-refractivity contribution in [3.8, 4) is 5.75 Å². The summed E-state index contributed by atoms with van der Waals surface area (Å²) in [7, 11) is -4.35. The summed E-state index contributed by atoms with van der Waals surface area (Å²) >= 11 is 0. The Kier molecular flexibility index (Phi) is 8.60. The Morgan fingerprint density at radius 2 is 1.89 bits per heavy atom. The van der Waals surface area contributed by atoms with Crippen LogP contribution in [0.1, 0.15) is 33.9 Å². The molecule has 1 unspecified atom stereocenters. The molecule has 0 aliphatic carbocycles. The van der Waals surface area contributed by atoms with E-state index in [1.165, 1.54) is 19.1 Å². The average Bonchev–Trinajstić information content (AvgIpc) is 3.05. The molecule has 1 saturated heterocycles. The molecule has 204 valence electrons. The molecule has 1 aromatic heterocycles. The van der Waals surface area contributed by atoms with Gasteiger partial charge in [0.05, 0.1) is 12.7 Å². The second-order valence-corrected chi connectivity index (χ2v) is 10.5. The lowest BCUT2D eigenvalue weighted by Gasteiger charge is -2.25. The number of aliphatic hydroxyl groups is 1. The predicted molar refractivity (Wildman–Crippen MR) is 126 cm³/mol. The fourth-order valence-electron chi connectivity index (χ4n) is 3.52. The molecule has 37 heavy (non-hydrogen) atoms. The number of hydrogen-bond acceptors (Lipinski definition) is 10. The Hall–Kier alpha value is -3.03. The molecule has 1 fully saturated rings. The van der Waals surface area contributed by atoms with Crippen molar-refractivity contribution < 1.29 is 42.6 Å². The Balaban J connectivity index is 1.82. The fourth-order valence-corrected chi connectivity index (χ4v) is 5.02. The Bertz CT molecular complexity index is 1270. The summed E-state index contributed by atoms with van der Waals surface area (Å²) in [5.41, 5.74) is -4.94. The molecule has 0 bridgehead atoms. The molecule has 1 aromatic carbocycles. The van der Waals surface area contributed by atoms with E-state index in [1.54, 1.807) is 32.0 Å². The Morgan fingerprint density at radius 3 is 2.51 bits per heavy atom. The van der Waals surface area contributed by atoms with Gasteiger partial charge in [-0.25, -0.2) is 13.8 Å². The van der Waals surface area contributed by atoms with Gasteiger partial charge in [-0.2, -0.15) is 5.09 Å². The lowest BCUT2D eigenvalue weighted by Crippen LogP contribution is -2.46. The van der Waals surface area contributed by atoms with Crippen LogP contribution in [-0.4, -0.2) is 62.2 Å². The van der Waals surface area contributed by atoms with Crippen LogP contribution in [0, 0.1) is 0 Å². The largest absolute Gasteiger partial charge is 0.462 e. The molecule has 0 saturated carbocycles. The molecule has 0 amide bonds. The number of ether oxygens (including phenoxy) is 2. The number of benzene rings is 1. The molecule has 13 nitrogen and oxygen atoms in total. The van der Waals surface area contributed by atoms with Gasteiger partial charge in [0.15, 0.2) is 11.9 Å². The van der Waals surface area contributed by atoms with Crippen molar-refractivity contribution in [2.45, 2.75) is 63.9 Å². The molecule has 2 heterocycles. The Labute approximate surface area is 210 Å². The van der Waals surface area contributed by atoms with Gasteiger partial charge < -0.3 is 24.3 Å². The highest BCUT2D eigenvalue weighted by molar-refractivity contribution is 7.52. The summed E-state index contributed by atoms with van der Waals surface area (Å²) in [4.78, 5) is 36.0. The third-order valence-corrected chi connectivity index (χ3v) is 7.04. The molecule has 0 spiro atoms. The van der Waals surface area contributed by atoms with Gasteiger partial charge >= 0.3 is 19.4 Å². The van der Waals surface area contributed by atoms with Crippen molar-refractivity contribution in [3.05, 3.63) is 63.4 Å². The minimum absolute atomic E-state index is 0.126. The first-order valence-electron chi connectivity index (χ1n) is 11.3. The topological polar surface area (TPSA) is 168 Å². The molecule has 1 aliphatic heterocycles. The van der Waals surface area contributed by atoms with Crippen LogP contribution in [0.25, 0.3) is 0 Å².